The molecule has 0 bridgehead atoms. The van der Waals surface area contributed by atoms with E-state index in [4.69, 9.17) is 0 Å². The maximum absolute atomic E-state index is 12.3. The molecule has 0 atom stereocenters. The number of sulfonamides is 1. The zero-order valence-electron chi connectivity index (χ0n) is 13.9. The summed E-state index contributed by atoms with van der Waals surface area (Å²) in [6.07, 6.45) is 3.12. The largest absolute Gasteiger partial charge is 0.302 e. The van der Waals surface area contributed by atoms with Gasteiger partial charge in [0.25, 0.3) is 0 Å². The first kappa shape index (κ1) is 16.5. The quantitative estimate of drug-likeness (QED) is 0.747. The molecule has 2 aromatic heterocycles. The topological polar surface area (TPSA) is 63.5 Å². The van der Waals surface area contributed by atoms with E-state index in [-0.39, 0.29) is 5.75 Å². The van der Waals surface area contributed by atoms with E-state index in [9.17, 15) is 8.42 Å². The van der Waals surface area contributed by atoms with Crippen molar-refractivity contribution >= 4 is 21.4 Å². The second-order valence-corrected chi connectivity index (χ2v) is 7.78. The number of rotatable bonds is 6. The van der Waals surface area contributed by atoms with Crippen LogP contribution in [0.15, 0.2) is 48.7 Å². The zero-order chi connectivity index (χ0) is 17.2. The number of nitrogens with zero attached hydrogens (tertiary/aromatic N) is 2. The van der Waals surface area contributed by atoms with Gasteiger partial charge in [0.05, 0.1) is 17.1 Å². The minimum Gasteiger partial charge on any atom is -0.302 e. The first-order chi connectivity index (χ1) is 11.4. The van der Waals surface area contributed by atoms with Crippen molar-refractivity contribution in [2.24, 2.45) is 0 Å². The van der Waals surface area contributed by atoms with Crippen LogP contribution in [0.3, 0.4) is 0 Å². The van der Waals surface area contributed by atoms with Gasteiger partial charge in [-0.25, -0.2) is 13.4 Å². The van der Waals surface area contributed by atoms with Gasteiger partial charge in [0.1, 0.15) is 5.65 Å². The van der Waals surface area contributed by atoms with Gasteiger partial charge in [-0.1, -0.05) is 30.3 Å². The van der Waals surface area contributed by atoms with Gasteiger partial charge in [-0.05, 0) is 44.4 Å². The number of pyridine rings is 1. The van der Waals surface area contributed by atoms with Gasteiger partial charge in [0.15, 0.2) is 0 Å². The summed E-state index contributed by atoms with van der Waals surface area (Å²) in [5, 5.41) is 0. The molecule has 0 spiro atoms. The second-order valence-electron chi connectivity index (χ2n) is 5.94. The summed E-state index contributed by atoms with van der Waals surface area (Å²) in [5.74, 6) is 0.0991. The number of benzene rings is 1. The number of anilines is 1. The molecular weight excluding hydrogens is 322 g/mol. The SMILES string of the molecule is Cc1nc2ccc(NS(=O)(=O)CCCc3ccccc3)cn2c1C. The zero-order valence-corrected chi connectivity index (χ0v) is 14.7. The molecule has 0 amide bonds. The third kappa shape index (κ3) is 3.76. The maximum atomic E-state index is 12.3. The van der Waals surface area contributed by atoms with E-state index in [2.05, 4.69) is 9.71 Å². The Morgan fingerprint density at radius 2 is 1.83 bits per heavy atom. The number of nitrogens with one attached hydrogen (secondary N) is 1. The average Bonchev–Trinajstić information content (AvgIpc) is 2.83. The van der Waals surface area contributed by atoms with Crippen LogP contribution >= 0.6 is 0 Å². The van der Waals surface area contributed by atoms with Crippen LogP contribution in [0, 0.1) is 13.8 Å². The van der Waals surface area contributed by atoms with Crippen molar-refractivity contribution in [1.82, 2.24) is 9.38 Å². The third-order valence-corrected chi connectivity index (χ3v) is 5.46. The van der Waals surface area contributed by atoms with Crippen LogP contribution in [0.1, 0.15) is 23.4 Å². The van der Waals surface area contributed by atoms with Crippen LogP contribution in [-0.4, -0.2) is 23.6 Å². The molecule has 0 aliphatic rings. The van der Waals surface area contributed by atoms with E-state index >= 15 is 0 Å². The summed E-state index contributed by atoms with van der Waals surface area (Å²) in [4.78, 5) is 4.42. The molecule has 5 nitrogen and oxygen atoms in total. The summed E-state index contributed by atoms with van der Waals surface area (Å²) in [6, 6.07) is 13.5. The Kier molecular flexibility index (Phi) is 4.57. The lowest BCUT2D eigenvalue weighted by Gasteiger charge is -2.09. The van der Waals surface area contributed by atoms with Gasteiger partial charge in [0, 0.05) is 11.9 Å². The second kappa shape index (κ2) is 6.65. The minimum atomic E-state index is -3.36. The Bertz CT molecular complexity index is 947. The number of hydrogen-bond acceptors (Lipinski definition) is 3. The van der Waals surface area contributed by atoms with E-state index in [1.807, 2.05) is 54.6 Å². The predicted octanol–water partition coefficient (Wildman–Crippen LogP) is 3.33. The molecule has 24 heavy (non-hydrogen) atoms. The molecular formula is C18H21N3O2S. The fourth-order valence-electron chi connectivity index (χ4n) is 2.68. The number of hydrogen-bond donors (Lipinski definition) is 1. The molecule has 0 aliphatic heterocycles. The van der Waals surface area contributed by atoms with Crippen LogP contribution in [0.2, 0.25) is 0 Å². The van der Waals surface area contributed by atoms with Crippen LogP contribution in [0.5, 0.6) is 0 Å². The van der Waals surface area contributed by atoms with Crippen LogP contribution in [0.25, 0.3) is 5.65 Å². The van der Waals surface area contributed by atoms with Gasteiger partial charge < -0.3 is 4.40 Å². The lowest BCUT2D eigenvalue weighted by molar-refractivity contribution is 0.598. The summed E-state index contributed by atoms with van der Waals surface area (Å²) in [6.45, 7) is 3.91. The van der Waals surface area contributed by atoms with Crippen molar-refractivity contribution in [3.63, 3.8) is 0 Å². The van der Waals surface area contributed by atoms with Crippen molar-refractivity contribution in [3.8, 4) is 0 Å². The summed E-state index contributed by atoms with van der Waals surface area (Å²) < 4.78 is 29.1. The van der Waals surface area contributed by atoms with Crippen molar-refractivity contribution in [3.05, 3.63) is 65.6 Å². The molecule has 0 radical (unpaired) electrons. The minimum absolute atomic E-state index is 0.0991. The van der Waals surface area contributed by atoms with Crippen molar-refractivity contribution in [2.45, 2.75) is 26.7 Å². The number of fused-ring (bicyclic) bond motifs is 1. The molecule has 0 saturated heterocycles. The van der Waals surface area contributed by atoms with Gasteiger partial charge in [-0.2, -0.15) is 0 Å². The van der Waals surface area contributed by atoms with Crippen molar-refractivity contribution < 1.29 is 8.42 Å². The Labute approximate surface area is 142 Å². The van der Waals surface area contributed by atoms with Crippen molar-refractivity contribution in [2.75, 3.05) is 10.5 Å². The molecule has 1 aromatic carbocycles. The third-order valence-electron chi connectivity index (χ3n) is 4.09. The first-order valence-electron chi connectivity index (χ1n) is 7.94. The number of aromatic nitrogens is 2. The number of aryl methyl sites for hydroxylation is 3. The lowest BCUT2D eigenvalue weighted by atomic mass is 10.1. The summed E-state index contributed by atoms with van der Waals surface area (Å²) >= 11 is 0. The molecule has 0 saturated carbocycles. The maximum Gasteiger partial charge on any atom is 0.232 e. The summed E-state index contributed by atoms with van der Waals surface area (Å²) in [5.41, 5.74) is 4.48. The average molecular weight is 343 g/mol. The first-order valence-corrected chi connectivity index (χ1v) is 9.59. The highest BCUT2D eigenvalue weighted by Crippen LogP contribution is 2.16. The Morgan fingerprint density at radius 1 is 1.08 bits per heavy atom. The predicted molar refractivity (Wildman–Crippen MR) is 96.8 cm³/mol. The van der Waals surface area contributed by atoms with E-state index in [0.29, 0.717) is 12.1 Å². The highest BCUT2D eigenvalue weighted by molar-refractivity contribution is 7.92. The van der Waals surface area contributed by atoms with Gasteiger partial charge in [0.2, 0.25) is 10.0 Å². The highest BCUT2D eigenvalue weighted by Gasteiger charge is 2.12. The fourth-order valence-corrected chi connectivity index (χ4v) is 3.79. The molecule has 6 heteroatoms. The smallest absolute Gasteiger partial charge is 0.232 e. The Hall–Kier alpha value is -2.34. The van der Waals surface area contributed by atoms with E-state index < -0.39 is 10.0 Å². The van der Waals surface area contributed by atoms with E-state index in [1.54, 1.807) is 12.3 Å². The molecule has 2 heterocycles. The standard InChI is InChI=1S/C18H21N3O2S/c1-14-15(2)21-13-17(10-11-18(21)19-14)20-24(22,23)12-6-9-16-7-4-3-5-8-16/h3-5,7-8,10-11,13,20H,6,9,12H2,1-2H3. The summed E-state index contributed by atoms with van der Waals surface area (Å²) in [7, 11) is -3.36. The molecule has 0 fully saturated rings. The van der Waals surface area contributed by atoms with Crippen LogP contribution in [0.4, 0.5) is 5.69 Å². The van der Waals surface area contributed by atoms with Crippen LogP contribution < -0.4 is 4.72 Å². The van der Waals surface area contributed by atoms with E-state index in [0.717, 1.165) is 29.0 Å². The molecule has 1 N–H and O–H groups in total. The fraction of sp³-hybridized carbons (Fsp3) is 0.278. The molecule has 3 rings (SSSR count). The Morgan fingerprint density at radius 3 is 2.58 bits per heavy atom. The van der Waals surface area contributed by atoms with E-state index in [1.165, 1.54) is 0 Å². The van der Waals surface area contributed by atoms with Gasteiger partial charge in [-0.3, -0.25) is 4.72 Å². The lowest BCUT2D eigenvalue weighted by Crippen LogP contribution is -2.17. The van der Waals surface area contributed by atoms with Gasteiger partial charge >= 0.3 is 0 Å². The monoisotopic (exact) mass is 343 g/mol. The van der Waals surface area contributed by atoms with Crippen molar-refractivity contribution in [1.29, 1.82) is 0 Å². The Balaban J connectivity index is 1.66. The molecule has 0 unspecified atom stereocenters. The highest BCUT2D eigenvalue weighted by atomic mass is 32.2. The number of imidazole rings is 1. The molecule has 3 aromatic rings. The molecule has 0 aliphatic carbocycles. The molecule has 126 valence electrons. The van der Waals surface area contributed by atoms with Crippen LogP contribution in [-0.2, 0) is 16.4 Å². The van der Waals surface area contributed by atoms with Gasteiger partial charge in [-0.15, -0.1) is 0 Å². The normalized spacial score (nSPS) is 11.8.